The molecule has 0 aliphatic carbocycles. The summed E-state index contributed by atoms with van der Waals surface area (Å²) in [6.07, 6.45) is 2.59. The van der Waals surface area contributed by atoms with Crippen LogP contribution in [0.15, 0.2) is 27.2 Å². The zero-order chi connectivity index (χ0) is 13.8. The molecule has 0 aliphatic heterocycles. The van der Waals surface area contributed by atoms with Crippen molar-refractivity contribution in [2.45, 2.75) is 13.5 Å². The molecule has 2 heterocycles. The predicted molar refractivity (Wildman–Crippen MR) is 74.9 cm³/mol. The van der Waals surface area contributed by atoms with Crippen molar-refractivity contribution < 1.29 is 9.18 Å². The van der Waals surface area contributed by atoms with Gasteiger partial charge in [-0.1, -0.05) is 0 Å². The van der Waals surface area contributed by atoms with Crippen molar-refractivity contribution >= 4 is 39.4 Å². The van der Waals surface area contributed by atoms with E-state index in [2.05, 4.69) is 31.6 Å². The van der Waals surface area contributed by atoms with Gasteiger partial charge >= 0.3 is 0 Å². The number of carbonyl (C=O) groups excluding carboxylic acids is 1. The highest BCUT2D eigenvalue weighted by Gasteiger charge is 2.08. The molecule has 0 atom stereocenters. The number of hydrogen-bond donors (Lipinski definition) is 1. The molecule has 0 aromatic carbocycles. The standard InChI is InChI=1S/C11H10BrFN4OS/c1-2-17-10(13)7(5-15-17)4-14-16-11(18)9-3-8(12)6-19-9/h3-6H,2H2,1H3,(H,16,18)/b14-4+. The first-order valence-corrected chi connectivity index (χ1v) is 7.07. The Bertz CT molecular complexity index is 622. The minimum atomic E-state index is -0.473. The molecule has 0 saturated carbocycles. The first kappa shape index (κ1) is 13.9. The van der Waals surface area contributed by atoms with Crippen molar-refractivity contribution in [2.24, 2.45) is 5.10 Å². The summed E-state index contributed by atoms with van der Waals surface area (Å²) in [5, 5.41) is 9.33. The first-order chi connectivity index (χ1) is 9.11. The van der Waals surface area contributed by atoms with Gasteiger partial charge in [0, 0.05) is 16.4 Å². The Labute approximate surface area is 121 Å². The summed E-state index contributed by atoms with van der Waals surface area (Å²) in [6, 6.07) is 1.69. The topological polar surface area (TPSA) is 59.3 Å². The Balaban J connectivity index is 2.00. The number of amides is 1. The minimum Gasteiger partial charge on any atom is -0.266 e. The summed E-state index contributed by atoms with van der Waals surface area (Å²) in [4.78, 5) is 12.2. The summed E-state index contributed by atoms with van der Waals surface area (Å²) >= 11 is 4.55. The van der Waals surface area contributed by atoms with Gasteiger partial charge in [0.2, 0.25) is 5.95 Å². The van der Waals surface area contributed by atoms with E-state index >= 15 is 0 Å². The lowest BCUT2D eigenvalue weighted by Crippen LogP contribution is -2.16. The van der Waals surface area contributed by atoms with Crippen molar-refractivity contribution in [3.05, 3.63) is 38.5 Å². The van der Waals surface area contributed by atoms with E-state index in [1.54, 1.807) is 18.4 Å². The quantitative estimate of drug-likeness (QED) is 0.684. The van der Waals surface area contributed by atoms with Crippen LogP contribution in [-0.2, 0) is 6.54 Å². The van der Waals surface area contributed by atoms with Crippen LogP contribution in [0.1, 0.15) is 22.2 Å². The van der Waals surface area contributed by atoms with Crippen LogP contribution in [0.5, 0.6) is 0 Å². The maximum absolute atomic E-state index is 13.6. The van der Waals surface area contributed by atoms with Crippen molar-refractivity contribution in [3.8, 4) is 0 Å². The molecule has 0 radical (unpaired) electrons. The Kier molecular flexibility index (Phi) is 4.43. The third-order valence-corrected chi connectivity index (χ3v) is 3.95. The largest absolute Gasteiger partial charge is 0.281 e. The molecule has 19 heavy (non-hydrogen) atoms. The number of rotatable bonds is 4. The van der Waals surface area contributed by atoms with E-state index in [0.29, 0.717) is 11.4 Å². The van der Waals surface area contributed by atoms with Gasteiger partial charge in [0.15, 0.2) is 0 Å². The molecule has 100 valence electrons. The third kappa shape index (κ3) is 3.27. The van der Waals surface area contributed by atoms with Gasteiger partial charge < -0.3 is 0 Å². The minimum absolute atomic E-state index is 0.231. The first-order valence-electron chi connectivity index (χ1n) is 5.40. The van der Waals surface area contributed by atoms with Crippen LogP contribution in [-0.4, -0.2) is 21.9 Å². The Morgan fingerprint density at radius 3 is 3.11 bits per heavy atom. The van der Waals surface area contributed by atoms with Crippen molar-refractivity contribution in [3.63, 3.8) is 0 Å². The fourth-order valence-electron chi connectivity index (χ4n) is 1.34. The molecular formula is C11H10BrFN4OS. The van der Waals surface area contributed by atoms with E-state index in [-0.39, 0.29) is 11.5 Å². The van der Waals surface area contributed by atoms with Gasteiger partial charge in [-0.05, 0) is 28.9 Å². The normalized spacial score (nSPS) is 11.1. The maximum atomic E-state index is 13.6. The lowest BCUT2D eigenvalue weighted by Gasteiger charge is -1.95. The van der Waals surface area contributed by atoms with Crippen molar-refractivity contribution in [2.75, 3.05) is 0 Å². The van der Waals surface area contributed by atoms with Gasteiger partial charge in [-0.25, -0.2) is 10.1 Å². The van der Waals surface area contributed by atoms with Gasteiger partial charge in [0.25, 0.3) is 5.91 Å². The molecule has 2 rings (SSSR count). The van der Waals surface area contributed by atoms with Gasteiger partial charge in [-0.15, -0.1) is 11.3 Å². The van der Waals surface area contributed by atoms with Crippen LogP contribution in [0, 0.1) is 5.95 Å². The molecule has 0 aliphatic rings. The molecule has 0 bridgehead atoms. The van der Waals surface area contributed by atoms with Crippen LogP contribution < -0.4 is 5.43 Å². The average Bonchev–Trinajstić information content (AvgIpc) is 2.97. The van der Waals surface area contributed by atoms with Gasteiger partial charge in [0.1, 0.15) is 0 Å². The smallest absolute Gasteiger partial charge is 0.266 e. The zero-order valence-electron chi connectivity index (χ0n) is 9.93. The zero-order valence-corrected chi connectivity index (χ0v) is 12.3. The molecule has 0 saturated heterocycles. The molecule has 1 N–H and O–H groups in total. The number of thiophene rings is 1. The number of halogens is 2. The van der Waals surface area contributed by atoms with E-state index in [4.69, 9.17) is 0 Å². The Hall–Kier alpha value is -1.54. The van der Waals surface area contributed by atoms with Crippen molar-refractivity contribution in [1.29, 1.82) is 0 Å². The van der Waals surface area contributed by atoms with Crippen LogP contribution >= 0.6 is 27.3 Å². The molecule has 2 aromatic rings. The van der Waals surface area contributed by atoms with E-state index in [9.17, 15) is 9.18 Å². The fraction of sp³-hybridized carbons (Fsp3) is 0.182. The van der Waals surface area contributed by atoms with E-state index < -0.39 is 5.95 Å². The lowest BCUT2D eigenvalue weighted by molar-refractivity contribution is 0.0959. The lowest BCUT2D eigenvalue weighted by atomic mass is 10.4. The third-order valence-electron chi connectivity index (χ3n) is 2.26. The Morgan fingerprint density at radius 1 is 1.74 bits per heavy atom. The number of hydrazone groups is 1. The number of hydrogen-bond acceptors (Lipinski definition) is 4. The second-order valence-electron chi connectivity index (χ2n) is 3.53. The number of aryl methyl sites for hydroxylation is 1. The number of nitrogens with zero attached hydrogens (tertiary/aromatic N) is 3. The highest BCUT2D eigenvalue weighted by molar-refractivity contribution is 9.10. The fourth-order valence-corrected chi connectivity index (χ4v) is 2.66. The molecular weight excluding hydrogens is 335 g/mol. The number of aromatic nitrogens is 2. The molecule has 8 heteroatoms. The van der Waals surface area contributed by atoms with Gasteiger partial charge in [-0.2, -0.15) is 14.6 Å². The summed E-state index contributed by atoms with van der Waals surface area (Å²) in [7, 11) is 0. The van der Waals surface area contributed by atoms with Crippen LogP contribution in [0.3, 0.4) is 0 Å². The van der Waals surface area contributed by atoms with E-state index in [1.165, 1.54) is 28.4 Å². The summed E-state index contributed by atoms with van der Waals surface area (Å²) in [5.41, 5.74) is 2.56. The molecule has 0 unspecified atom stereocenters. The molecule has 1 amide bonds. The van der Waals surface area contributed by atoms with Crippen LogP contribution in [0.25, 0.3) is 0 Å². The van der Waals surface area contributed by atoms with E-state index in [1.807, 2.05) is 0 Å². The highest BCUT2D eigenvalue weighted by Crippen LogP contribution is 2.19. The van der Waals surface area contributed by atoms with Gasteiger partial charge in [0.05, 0.1) is 22.9 Å². The number of carbonyl (C=O) groups is 1. The predicted octanol–water partition coefficient (Wildman–Crippen LogP) is 2.63. The summed E-state index contributed by atoms with van der Waals surface area (Å²) < 4.78 is 15.6. The highest BCUT2D eigenvalue weighted by atomic mass is 79.9. The molecule has 0 fully saturated rings. The molecule has 5 nitrogen and oxygen atoms in total. The molecule has 0 spiro atoms. The monoisotopic (exact) mass is 344 g/mol. The Morgan fingerprint density at radius 2 is 2.53 bits per heavy atom. The van der Waals surface area contributed by atoms with Crippen molar-refractivity contribution in [1.82, 2.24) is 15.2 Å². The van der Waals surface area contributed by atoms with E-state index in [0.717, 1.165) is 4.47 Å². The second kappa shape index (κ2) is 6.07. The van der Waals surface area contributed by atoms with Crippen LogP contribution in [0.4, 0.5) is 4.39 Å². The second-order valence-corrected chi connectivity index (χ2v) is 5.36. The summed E-state index contributed by atoms with van der Waals surface area (Å²) in [6.45, 7) is 2.22. The van der Waals surface area contributed by atoms with Crippen LogP contribution in [0.2, 0.25) is 0 Å². The SMILES string of the molecule is CCn1ncc(/C=N/NC(=O)c2cc(Br)cs2)c1F. The summed E-state index contributed by atoms with van der Waals surface area (Å²) in [5.74, 6) is -0.811. The van der Waals surface area contributed by atoms with Gasteiger partial charge in [-0.3, -0.25) is 4.79 Å². The maximum Gasteiger partial charge on any atom is 0.281 e. The average molecular weight is 345 g/mol. The number of nitrogens with one attached hydrogen (secondary N) is 1. The molecule has 2 aromatic heterocycles.